The molecule has 1 heterocycles. The van der Waals surface area contributed by atoms with Crippen LogP contribution in [-0.2, 0) is 4.74 Å². The molecule has 0 aliphatic carbocycles. The number of nitrogens with one attached hydrogen (secondary N) is 1. The Morgan fingerprint density at radius 1 is 1.28 bits per heavy atom. The number of rotatable bonds is 5. The van der Waals surface area contributed by atoms with Crippen molar-refractivity contribution in [3.05, 3.63) is 24.3 Å². The van der Waals surface area contributed by atoms with Crippen molar-refractivity contribution in [3.8, 4) is 11.5 Å². The molecule has 18 heavy (non-hydrogen) atoms. The van der Waals surface area contributed by atoms with Crippen LogP contribution in [0.4, 0.5) is 0 Å². The van der Waals surface area contributed by atoms with Crippen LogP contribution in [0.1, 0.15) is 6.92 Å². The Labute approximate surface area is 114 Å². The zero-order chi connectivity index (χ0) is 11.9. The van der Waals surface area contributed by atoms with E-state index in [0.29, 0.717) is 13.2 Å². The van der Waals surface area contributed by atoms with Crippen molar-refractivity contribution >= 4 is 12.4 Å². The second kappa shape index (κ2) is 8.19. The molecule has 2 rings (SSSR count). The molecule has 1 N–H and O–H groups in total. The maximum absolute atomic E-state index is 5.74. The Hall–Kier alpha value is -0.970. The zero-order valence-corrected chi connectivity index (χ0v) is 11.4. The number of benzene rings is 1. The van der Waals surface area contributed by atoms with E-state index >= 15 is 0 Å². The first-order valence-electron chi connectivity index (χ1n) is 6.07. The number of ether oxygens (including phenoxy) is 3. The summed E-state index contributed by atoms with van der Waals surface area (Å²) in [5.74, 6) is 1.57. The number of morpholine rings is 1. The summed E-state index contributed by atoms with van der Waals surface area (Å²) in [5.41, 5.74) is 0. The highest BCUT2D eigenvalue weighted by Crippen LogP contribution is 2.26. The largest absolute Gasteiger partial charge is 0.490 e. The van der Waals surface area contributed by atoms with Gasteiger partial charge in [0, 0.05) is 13.1 Å². The molecular formula is C13H20ClNO3. The third-order valence-electron chi connectivity index (χ3n) is 2.58. The lowest BCUT2D eigenvalue weighted by Gasteiger charge is -2.24. The lowest BCUT2D eigenvalue weighted by molar-refractivity contribution is -0.000350. The van der Waals surface area contributed by atoms with Gasteiger partial charge in [-0.15, -0.1) is 12.4 Å². The van der Waals surface area contributed by atoms with Gasteiger partial charge in [0.2, 0.25) is 0 Å². The lowest BCUT2D eigenvalue weighted by Crippen LogP contribution is -2.41. The van der Waals surface area contributed by atoms with E-state index in [2.05, 4.69) is 5.32 Å². The van der Waals surface area contributed by atoms with E-state index in [1.807, 2.05) is 31.2 Å². The van der Waals surface area contributed by atoms with E-state index in [4.69, 9.17) is 14.2 Å². The average molecular weight is 274 g/mol. The van der Waals surface area contributed by atoms with Crippen LogP contribution >= 0.6 is 12.4 Å². The van der Waals surface area contributed by atoms with Crippen LogP contribution in [0.2, 0.25) is 0 Å². The molecule has 0 unspecified atom stereocenters. The van der Waals surface area contributed by atoms with Crippen LogP contribution in [0.5, 0.6) is 11.5 Å². The summed E-state index contributed by atoms with van der Waals surface area (Å²) in [4.78, 5) is 0. The third-order valence-corrected chi connectivity index (χ3v) is 2.58. The molecular weight excluding hydrogens is 254 g/mol. The summed E-state index contributed by atoms with van der Waals surface area (Å²) in [6.07, 6.45) is 0.124. The zero-order valence-electron chi connectivity index (χ0n) is 10.6. The van der Waals surface area contributed by atoms with Crippen molar-refractivity contribution in [1.29, 1.82) is 0 Å². The first kappa shape index (κ1) is 15.1. The predicted octanol–water partition coefficient (Wildman–Crippen LogP) is 1.87. The van der Waals surface area contributed by atoms with Crippen molar-refractivity contribution in [2.75, 3.05) is 32.9 Å². The predicted molar refractivity (Wildman–Crippen MR) is 73.0 cm³/mol. The highest BCUT2D eigenvalue weighted by molar-refractivity contribution is 5.85. The third kappa shape index (κ3) is 4.37. The topological polar surface area (TPSA) is 39.7 Å². The van der Waals surface area contributed by atoms with Crippen molar-refractivity contribution < 1.29 is 14.2 Å². The Kier molecular flexibility index (Phi) is 6.86. The van der Waals surface area contributed by atoms with Crippen LogP contribution < -0.4 is 14.8 Å². The van der Waals surface area contributed by atoms with Gasteiger partial charge in [-0.1, -0.05) is 12.1 Å². The Morgan fingerprint density at radius 2 is 2.00 bits per heavy atom. The molecule has 1 fully saturated rings. The van der Waals surface area contributed by atoms with Gasteiger partial charge in [-0.3, -0.25) is 0 Å². The number of halogens is 1. The van der Waals surface area contributed by atoms with E-state index in [1.165, 1.54) is 0 Å². The van der Waals surface area contributed by atoms with E-state index in [1.54, 1.807) is 0 Å². The highest BCUT2D eigenvalue weighted by atomic mass is 35.5. The number of hydrogen-bond acceptors (Lipinski definition) is 4. The van der Waals surface area contributed by atoms with Gasteiger partial charge in [0.25, 0.3) is 0 Å². The van der Waals surface area contributed by atoms with Crippen LogP contribution in [-0.4, -0.2) is 39.0 Å². The minimum atomic E-state index is 0. The molecule has 1 aliphatic rings. The summed E-state index contributed by atoms with van der Waals surface area (Å²) < 4.78 is 16.8. The summed E-state index contributed by atoms with van der Waals surface area (Å²) in [7, 11) is 0. The SMILES string of the molecule is CCOc1ccccc1OC[C@H]1CNCCO1.Cl. The van der Waals surface area contributed by atoms with Gasteiger partial charge in [0.05, 0.1) is 13.2 Å². The van der Waals surface area contributed by atoms with Gasteiger partial charge in [-0.25, -0.2) is 0 Å². The van der Waals surface area contributed by atoms with Crippen LogP contribution in [0, 0.1) is 0 Å². The molecule has 0 aromatic heterocycles. The smallest absolute Gasteiger partial charge is 0.161 e. The minimum absolute atomic E-state index is 0. The average Bonchev–Trinajstić information content (AvgIpc) is 2.39. The lowest BCUT2D eigenvalue weighted by atomic mass is 10.3. The summed E-state index contributed by atoms with van der Waals surface area (Å²) in [5, 5.41) is 3.27. The standard InChI is InChI=1S/C13H19NO3.ClH/c1-2-15-12-5-3-4-6-13(12)17-10-11-9-14-7-8-16-11;/h3-6,11,14H,2,7-10H2,1H3;1H/t11-;/m1./s1. The number of hydrogen-bond donors (Lipinski definition) is 1. The fourth-order valence-corrected chi connectivity index (χ4v) is 1.75. The minimum Gasteiger partial charge on any atom is -0.490 e. The van der Waals surface area contributed by atoms with E-state index in [9.17, 15) is 0 Å². The van der Waals surface area contributed by atoms with Gasteiger partial charge in [-0.2, -0.15) is 0 Å². The Balaban J connectivity index is 0.00000162. The van der Waals surface area contributed by atoms with Crippen molar-refractivity contribution in [2.24, 2.45) is 0 Å². The molecule has 1 aromatic rings. The fourth-order valence-electron chi connectivity index (χ4n) is 1.75. The molecule has 5 heteroatoms. The maximum atomic E-state index is 5.74. The Bertz CT molecular complexity index is 343. The molecule has 0 saturated carbocycles. The van der Waals surface area contributed by atoms with Crippen LogP contribution in [0.15, 0.2) is 24.3 Å². The molecule has 1 atom stereocenters. The van der Waals surface area contributed by atoms with Gasteiger partial charge in [0.15, 0.2) is 11.5 Å². The second-order valence-corrected chi connectivity index (χ2v) is 3.89. The van der Waals surface area contributed by atoms with E-state index in [-0.39, 0.29) is 18.5 Å². The molecule has 0 spiro atoms. The second-order valence-electron chi connectivity index (χ2n) is 3.89. The van der Waals surface area contributed by atoms with E-state index < -0.39 is 0 Å². The number of para-hydroxylation sites is 2. The van der Waals surface area contributed by atoms with Crippen molar-refractivity contribution in [1.82, 2.24) is 5.32 Å². The monoisotopic (exact) mass is 273 g/mol. The summed E-state index contributed by atoms with van der Waals surface area (Å²) >= 11 is 0. The molecule has 1 aromatic carbocycles. The van der Waals surface area contributed by atoms with Gasteiger partial charge in [-0.05, 0) is 19.1 Å². The van der Waals surface area contributed by atoms with Crippen molar-refractivity contribution in [3.63, 3.8) is 0 Å². The maximum Gasteiger partial charge on any atom is 0.161 e. The van der Waals surface area contributed by atoms with Gasteiger partial charge >= 0.3 is 0 Å². The van der Waals surface area contributed by atoms with Crippen LogP contribution in [0.25, 0.3) is 0 Å². The van der Waals surface area contributed by atoms with E-state index in [0.717, 1.165) is 31.2 Å². The molecule has 1 aliphatic heterocycles. The molecule has 4 nitrogen and oxygen atoms in total. The van der Waals surface area contributed by atoms with Gasteiger partial charge < -0.3 is 19.5 Å². The first-order valence-corrected chi connectivity index (χ1v) is 6.07. The van der Waals surface area contributed by atoms with Gasteiger partial charge in [0.1, 0.15) is 12.7 Å². The first-order chi connectivity index (χ1) is 8.40. The molecule has 0 radical (unpaired) electrons. The van der Waals surface area contributed by atoms with Crippen LogP contribution in [0.3, 0.4) is 0 Å². The molecule has 0 bridgehead atoms. The highest BCUT2D eigenvalue weighted by Gasteiger charge is 2.14. The normalized spacial score (nSPS) is 18.8. The fraction of sp³-hybridized carbons (Fsp3) is 0.538. The molecule has 102 valence electrons. The molecule has 0 amide bonds. The van der Waals surface area contributed by atoms with Crippen molar-refractivity contribution in [2.45, 2.75) is 13.0 Å². The summed E-state index contributed by atoms with van der Waals surface area (Å²) in [6, 6.07) is 7.72. The quantitative estimate of drug-likeness (QED) is 0.889. The summed E-state index contributed by atoms with van der Waals surface area (Å²) in [6.45, 7) is 5.67. The Morgan fingerprint density at radius 3 is 2.61 bits per heavy atom. The molecule has 1 saturated heterocycles.